The maximum Gasteiger partial charge on any atom is 0.256 e. The Kier molecular flexibility index (Phi) is 4.73. The van der Waals surface area contributed by atoms with Gasteiger partial charge in [0.25, 0.3) is 5.91 Å². The van der Waals surface area contributed by atoms with Crippen LogP contribution in [0.1, 0.15) is 15.9 Å². The maximum atomic E-state index is 12.0. The fraction of sp³-hybridized carbons (Fsp3) is 0.0588. The number of rotatable bonds is 4. The van der Waals surface area contributed by atoms with Crippen LogP contribution in [0, 0.1) is 11.3 Å². The summed E-state index contributed by atoms with van der Waals surface area (Å²) >= 11 is 0. The van der Waals surface area contributed by atoms with Crippen LogP contribution in [0.15, 0.2) is 60.3 Å². The van der Waals surface area contributed by atoms with E-state index in [1.165, 1.54) is 0 Å². The molecular weight excluding hydrogens is 264 g/mol. The number of carbonyl (C=O) groups is 1. The molecule has 2 rings (SSSR count). The van der Waals surface area contributed by atoms with E-state index in [0.29, 0.717) is 5.56 Å². The molecule has 0 fully saturated rings. The zero-order valence-electron chi connectivity index (χ0n) is 11.5. The van der Waals surface area contributed by atoms with Crippen LogP contribution >= 0.6 is 0 Å². The summed E-state index contributed by atoms with van der Waals surface area (Å²) in [5.74, 6) is 0.427. The van der Waals surface area contributed by atoms with E-state index in [0.717, 1.165) is 11.3 Å². The van der Waals surface area contributed by atoms with Gasteiger partial charge in [-0.05, 0) is 35.9 Å². The van der Waals surface area contributed by atoms with Crippen LogP contribution in [0.25, 0.3) is 6.08 Å². The van der Waals surface area contributed by atoms with Crippen molar-refractivity contribution in [3.05, 3.63) is 71.4 Å². The predicted molar refractivity (Wildman–Crippen MR) is 80.5 cm³/mol. The molecule has 0 radical (unpaired) electrons. The number of carbonyl (C=O) groups excluding carboxylic acids is 1. The van der Waals surface area contributed by atoms with E-state index in [1.54, 1.807) is 49.6 Å². The van der Waals surface area contributed by atoms with E-state index in [2.05, 4.69) is 5.32 Å². The summed E-state index contributed by atoms with van der Waals surface area (Å²) < 4.78 is 5.07. The molecule has 0 saturated carbocycles. The third-order valence-electron chi connectivity index (χ3n) is 2.83. The molecule has 4 nitrogen and oxygen atoms in total. The second kappa shape index (κ2) is 6.92. The number of allylic oxidation sites excluding steroid dienone is 1. The van der Waals surface area contributed by atoms with Crippen molar-refractivity contribution < 1.29 is 9.53 Å². The van der Waals surface area contributed by atoms with Gasteiger partial charge in [-0.15, -0.1) is 0 Å². The normalized spacial score (nSPS) is 10.6. The molecule has 2 aromatic carbocycles. The molecule has 2 aromatic rings. The molecule has 0 bridgehead atoms. The Hall–Kier alpha value is -3.06. The first-order valence-electron chi connectivity index (χ1n) is 6.35. The average Bonchev–Trinajstić information content (AvgIpc) is 2.55. The minimum atomic E-state index is -0.308. The zero-order valence-corrected chi connectivity index (χ0v) is 11.5. The second-order valence-corrected chi connectivity index (χ2v) is 4.26. The number of nitrogens with one attached hydrogen (secondary N) is 1. The van der Waals surface area contributed by atoms with Gasteiger partial charge in [-0.2, -0.15) is 5.26 Å². The Bertz CT molecular complexity index is 683. The smallest absolute Gasteiger partial charge is 0.256 e. The largest absolute Gasteiger partial charge is 0.497 e. The van der Waals surface area contributed by atoms with Gasteiger partial charge in [0.1, 0.15) is 17.5 Å². The van der Waals surface area contributed by atoms with E-state index in [-0.39, 0.29) is 11.6 Å². The minimum Gasteiger partial charge on any atom is -0.497 e. The van der Waals surface area contributed by atoms with Gasteiger partial charge < -0.3 is 10.1 Å². The monoisotopic (exact) mass is 278 g/mol. The molecular formula is C17H14N2O2. The lowest BCUT2D eigenvalue weighted by Gasteiger charge is -2.04. The summed E-state index contributed by atoms with van der Waals surface area (Å²) in [7, 11) is 1.59. The molecule has 0 unspecified atom stereocenters. The van der Waals surface area contributed by atoms with E-state index >= 15 is 0 Å². The van der Waals surface area contributed by atoms with Crippen LogP contribution in [-0.4, -0.2) is 13.0 Å². The number of hydrogen-bond donors (Lipinski definition) is 1. The summed E-state index contributed by atoms with van der Waals surface area (Å²) in [5, 5.41) is 11.7. The standard InChI is InChI=1S/C17H14N2O2/c1-21-16-9-7-13(8-10-16)11-15(12-18)19-17(20)14-5-3-2-4-6-14/h2-11H,1H3,(H,19,20)/b15-11+. The van der Waals surface area contributed by atoms with Crippen molar-refractivity contribution in [1.29, 1.82) is 5.26 Å². The zero-order chi connectivity index (χ0) is 15.1. The first-order chi connectivity index (χ1) is 10.2. The number of nitrogens with zero attached hydrogens (tertiary/aromatic N) is 1. The molecule has 1 N–H and O–H groups in total. The number of methoxy groups -OCH3 is 1. The van der Waals surface area contributed by atoms with Crippen molar-refractivity contribution in [2.45, 2.75) is 0 Å². The van der Waals surface area contributed by atoms with Crippen molar-refractivity contribution in [2.75, 3.05) is 7.11 Å². The highest BCUT2D eigenvalue weighted by Crippen LogP contribution is 2.13. The summed E-state index contributed by atoms with van der Waals surface area (Å²) in [6.07, 6.45) is 1.61. The van der Waals surface area contributed by atoms with Crippen LogP contribution < -0.4 is 10.1 Å². The fourth-order valence-corrected chi connectivity index (χ4v) is 1.75. The molecule has 0 saturated heterocycles. The molecule has 0 spiro atoms. The van der Waals surface area contributed by atoms with Gasteiger partial charge in [0.15, 0.2) is 0 Å². The third-order valence-corrected chi connectivity index (χ3v) is 2.83. The van der Waals surface area contributed by atoms with Gasteiger partial charge in [0, 0.05) is 5.56 Å². The molecule has 1 amide bonds. The molecule has 4 heteroatoms. The Labute approximate surface area is 123 Å². The highest BCUT2D eigenvalue weighted by Gasteiger charge is 2.06. The molecule has 0 atom stereocenters. The lowest BCUT2D eigenvalue weighted by molar-refractivity contribution is 0.0968. The predicted octanol–water partition coefficient (Wildman–Crippen LogP) is 2.99. The number of ether oxygens (including phenoxy) is 1. The number of benzene rings is 2. The van der Waals surface area contributed by atoms with Gasteiger partial charge in [0.2, 0.25) is 0 Å². The summed E-state index contributed by atoms with van der Waals surface area (Å²) in [6.45, 7) is 0. The van der Waals surface area contributed by atoms with Crippen LogP contribution in [0.5, 0.6) is 5.75 Å². The molecule has 0 aliphatic carbocycles. The Balaban J connectivity index is 2.14. The fourth-order valence-electron chi connectivity index (χ4n) is 1.75. The van der Waals surface area contributed by atoms with E-state index < -0.39 is 0 Å². The number of hydrogen-bond acceptors (Lipinski definition) is 3. The quantitative estimate of drug-likeness (QED) is 0.874. The van der Waals surface area contributed by atoms with Crippen LogP contribution in [0.2, 0.25) is 0 Å². The Morgan fingerprint density at radius 2 is 1.81 bits per heavy atom. The van der Waals surface area contributed by atoms with Gasteiger partial charge in [-0.1, -0.05) is 30.3 Å². The van der Waals surface area contributed by atoms with E-state index in [1.807, 2.05) is 24.3 Å². The van der Waals surface area contributed by atoms with Crippen molar-refractivity contribution in [2.24, 2.45) is 0 Å². The number of nitriles is 1. The Morgan fingerprint density at radius 1 is 1.14 bits per heavy atom. The number of amides is 1. The van der Waals surface area contributed by atoms with Crippen LogP contribution in [0.4, 0.5) is 0 Å². The molecule has 0 aliphatic rings. The van der Waals surface area contributed by atoms with Crippen LogP contribution in [0.3, 0.4) is 0 Å². The maximum absolute atomic E-state index is 12.0. The summed E-state index contributed by atoms with van der Waals surface area (Å²) in [4.78, 5) is 12.0. The van der Waals surface area contributed by atoms with Crippen molar-refractivity contribution in [3.8, 4) is 11.8 Å². The van der Waals surface area contributed by atoms with E-state index in [9.17, 15) is 4.79 Å². The topological polar surface area (TPSA) is 62.1 Å². The van der Waals surface area contributed by atoms with Gasteiger partial charge in [0.05, 0.1) is 7.11 Å². The molecule has 0 heterocycles. The highest BCUT2D eigenvalue weighted by atomic mass is 16.5. The van der Waals surface area contributed by atoms with Gasteiger partial charge in [-0.3, -0.25) is 4.79 Å². The summed E-state index contributed by atoms with van der Waals surface area (Å²) in [6, 6.07) is 17.9. The SMILES string of the molecule is COc1ccc(/C=C(\C#N)NC(=O)c2ccccc2)cc1. The second-order valence-electron chi connectivity index (χ2n) is 4.26. The van der Waals surface area contributed by atoms with E-state index in [4.69, 9.17) is 10.00 Å². The van der Waals surface area contributed by atoms with Gasteiger partial charge >= 0.3 is 0 Å². The average molecular weight is 278 g/mol. The van der Waals surface area contributed by atoms with Crippen molar-refractivity contribution >= 4 is 12.0 Å². The summed E-state index contributed by atoms with van der Waals surface area (Å²) in [5.41, 5.74) is 1.50. The van der Waals surface area contributed by atoms with Crippen molar-refractivity contribution in [3.63, 3.8) is 0 Å². The molecule has 21 heavy (non-hydrogen) atoms. The lowest BCUT2D eigenvalue weighted by Crippen LogP contribution is -2.21. The Morgan fingerprint density at radius 3 is 2.38 bits per heavy atom. The first kappa shape index (κ1) is 14.4. The molecule has 104 valence electrons. The molecule has 0 aliphatic heterocycles. The van der Waals surface area contributed by atoms with Crippen molar-refractivity contribution in [1.82, 2.24) is 5.32 Å². The van der Waals surface area contributed by atoms with Crippen LogP contribution in [-0.2, 0) is 0 Å². The lowest BCUT2D eigenvalue weighted by atomic mass is 10.1. The third kappa shape index (κ3) is 3.95. The minimum absolute atomic E-state index is 0.189. The first-order valence-corrected chi connectivity index (χ1v) is 6.35. The highest BCUT2D eigenvalue weighted by molar-refractivity contribution is 5.96. The molecule has 0 aromatic heterocycles. The van der Waals surface area contributed by atoms with Gasteiger partial charge in [-0.25, -0.2) is 0 Å².